The number of pyridine rings is 1. The van der Waals surface area contributed by atoms with Crippen molar-refractivity contribution in [2.45, 2.75) is 52.5 Å². The van der Waals surface area contributed by atoms with E-state index < -0.39 is 0 Å². The van der Waals surface area contributed by atoms with Gasteiger partial charge in [-0.1, -0.05) is 20.8 Å². The lowest BCUT2D eigenvalue weighted by atomic mass is 9.71. The molecule has 2 aromatic rings. The number of phenols is 1. The van der Waals surface area contributed by atoms with Gasteiger partial charge in [-0.2, -0.15) is 0 Å². The first kappa shape index (κ1) is 16.7. The molecule has 0 spiro atoms. The number of rotatable bonds is 2. The Bertz CT molecular complexity index is 741. The van der Waals surface area contributed by atoms with Gasteiger partial charge < -0.3 is 10.4 Å². The predicted octanol–water partition coefficient (Wildman–Crippen LogP) is 4.28. The number of amides is 1. The van der Waals surface area contributed by atoms with E-state index in [-0.39, 0.29) is 17.7 Å². The monoisotopic (exact) mass is 326 g/mol. The Kier molecular flexibility index (Phi) is 4.48. The molecule has 1 heterocycles. The van der Waals surface area contributed by atoms with Crippen LogP contribution in [-0.4, -0.2) is 22.0 Å². The molecule has 1 aliphatic rings. The maximum Gasteiger partial charge on any atom is 0.253 e. The van der Waals surface area contributed by atoms with Crippen molar-refractivity contribution < 1.29 is 9.90 Å². The summed E-state index contributed by atoms with van der Waals surface area (Å²) in [6.45, 7) is 6.90. The van der Waals surface area contributed by atoms with Gasteiger partial charge in [0.25, 0.3) is 5.91 Å². The zero-order valence-electron chi connectivity index (χ0n) is 14.7. The second-order valence-electron chi connectivity index (χ2n) is 7.99. The molecule has 0 unspecified atom stereocenters. The van der Waals surface area contributed by atoms with Crippen LogP contribution in [0.2, 0.25) is 0 Å². The van der Waals surface area contributed by atoms with E-state index in [1.165, 1.54) is 12.8 Å². The van der Waals surface area contributed by atoms with Crippen LogP contribution in [0.1, 0.15) is 56.8 Å². The normalized spacial score (nSPS) is 21.6. The number of aromatic hydroxyl groups is 1. The standard InChI is InChI=1S/C20H26N2O2/c1-20(2,3)15-5-7-16(8-6-15)22-19(24)14-10-13-4-9-17(23)11-18(13)21-12-14/h4,9-12,15-16,23H,5-8H2,1-3H3,(H,22,24). The summed E-state index contributed by atoms with van der Waals surface area (Å²) in [5.74, 6) is 0.861. The summed E-state index contributed by atoms with van der Waals surface area (Å²) >= 11 is 0. The second-order valence-corrected chi connectivity index (χ2v) is 7.99. The fourth-order valence-electron chi connectivity index (χ4n) is 3.61. The fourth-order valence-corrected chi connectivity index (χ4v) is 3.61. The van der Waals surface area contributed by atoms with Crippen LogP contribution >= 0.6 is 0 Å². The predicted molar refractivity (Wildman–Crippen MR) is 96.1 cm³/mol. The first-order chi connectivity index (χ1) is 11.3. The molecular weight excluding hydrogens is 300 g/mol. The summed E-state index contributed by atoms with van der Waals surface area (Å²) in [5, 5.41) is 13.5. The number of hydrogen-bond acceptors (Lipinski definition) is 3. The molecule has 1 fully saturated rings. The molecule has 1 aromatic heterocycles. The van der Waals surface area contributed by atoms with Crippen LogP contribution < -0.4 is 5.32 Å². The topological polar surface area (TPSA) is 62.2 Å². The van der Waals surface area contributed by atoms with Gasteiger partial charge in [-0.05, 0) is 55.2 Å². The summed E-state index contributed by atoms with van der Waals surface area (Å²) in [6.07, 6.45) is 6.01. The van der Waals surface area contributed by atoms with Gasteiger partial charge in [-0.15, -0.1) is 0 Å². The summed E-state index contributed by atoms with van der Waals surface area (Å²) < 4.78 is 0. The molecule has 1 aromatic carbocycles. The van der Waals surface area contributed by atoms with E-state index in [1.807, 2.05) is 6.07 Å². The Morgan fingerprint density at radius 3 is 2.54 bits per heavy atom. The van der Waals surface area contributed by atoms with Crippen LogP contribution in [0.3, 0.4) is 0 Å². The molecule has 24 heavy (non-hydrogen) atoms. The van der Waals surface area contributed by atoms with Crippen LogP contribution in [0, 0.1) is 11.3 Å². The number of carbonyl (C=O) groups excluding carboxylic acids is 1. The van der Waals surface area contributed by atoms with E-state index in [0.717, 1.165) is 24.1 Å². The fraction of sp³-hybridized carbons (Fsp3) is 0.500. The molecule has 0 saturated heterocycles. The summed E-state index contributed by atoms with van der Waals surface area (Å²) in [7, 11) is 0. The highest BCUT2D eigenvalue weighted by Crippen LogP contribution is 2.37. The minimum absolute atomic E-state index is 0.0586. The lowest BCUT2D eigenvalue weighted by Gasteiger charge is -2.37. The zero-order chi connectivity index (χ0) is 17.3. The zero-order valence-corrected chi connectivity index (χ0v) is 14.7. The largest absolute Gasteiger partial charge is 0.508 e. The van der Waals surface area contributed by atoms with Crippen molar-refractivity contribution in [3.05, 3.63) is 36.0 Å². The highest BCUT2D eigenvalue weighted by molar-refractivity contribution is 5.97. The molecule has 0 aliphatic heterocycles. The molecule has 128 valence electrons. The van der Waals surface area contributed by atoms with Crippen LogP contribution in [0.25, 0.3) is 10.9 Å². The molecule has 4 heteroatoms. The van der Waals surface area contributed by atoms with Crippen molar-refractivity contribution in [2.24, 2.45) is 11.3 Å². The average molecular weight is 326 g/mol. The van der Waals surface area contributed by atoms with Crippen molar-refractivity contribution >= 4 is 16.8 Å². The van der Waals surface area contributed by atoms with Crippen LogP contribution in [-0.2, 0) is 0 Å². The van der Waals surface area contributed by atoms with E-state index in [1.54, 1.807) is 24.4 Å². The number of benzene rings is 1. The van der Waals surface area contributed by atoms with Gasteiger partial charge in [0.05, 0.1) is 11.1 Å². The van der Waals surface area contributed by atoms with Crippen LogP contribution in [0.5, 0.6) is 5.75 Å². The van der Waals surface area contributed by atoms with Crippen molar-refractivity contribution in [3.63, 3.8) is 0 Å². The second kappa shape index (κ2) is 6.42. The quantitative estimate of drug-likeness (QED) is 0.866. The average Bonchev–Trinajstić information content (AvgIpc) is 2.54. The van der Waals surface area contributed by atoms with Gasteiger partial charge in [0.1, 0.15) is 5.75 Å². The van der Waals surface area contributed by atoms with Crippen molar-refractivity contribution in [2.75, 3.05) is 0 Å². The third-order valence-electron chi connectivity index (χ3n) is 5.22. The van der Waals surface area contributed by atoms with Gasteiger partial charge in [0, 0.05) is 23.7 Å². The molecule has 0 radical (unpaired) electrons. The highest BCUT2D eigenvalue weighted by atomic mass is 16.3. The van der Waals surface area contributed by atoms with E-state index in [2.05, 4.69) is 31.1 Å². The number of carbonyl (C=O) groups is 1. The number of phenolic OH excluding ortho intramolecular Hbond substituents is 1. The Labute approximate surface area is 143 Å². The van der Waals surface area contributed by atoms with Crippen molar-refractivity contribution in [1.29, 1.82) is 0 Å². The maximum atomic E-state index is 12.5. The molecule has 0 atom stereocenters. The first-order valence-corrected chi connectivity index (χ1v) is 8.72. The van der Waals surface area contributed by atoms with Crippen molar-refractivity contribution in [1.82, 2.24) is 10.3 Å². The van der Waals surface area contributed by atoms with Gasteiger partial charge in [-0.3, -0.25) is 9.78 Å². The Morgan fingerprint density at radius 1 is 1.17 bits per heavy atom. The number of nitrogens with zero attached hydrogens (tertiary/aromatic N) is 1. The Balaban J connectivity index is 1.64. The Hall–Kier alpha value is -2.10. The smallest absolute Gasteiger partial charge is 0.253 e. The van der Waals surface area contributed by atoms with E-state index in [0.29, 0.717) is 16.5 Å². The number of nitrogens with one attached hydrogen (secondary N) is 1. The first-order valence-electron chi connectivity index (χ1n) is 8.72. The van der Waals surface area contributed by atoms with Crippen LogP contribution in [0.4, 0.5) is 0 Å². The number of fused-ring (bicyclic) bond motifs is 1. The maximum absolute atomic E-state index is 12.5. The molecule has 0 bridgehead atoms. The lowest BCUT2D eigenvalue weighted by Crippen LogP contribution is -2.39. The minimum Gasteiger partial charge on any atom is -0.508 e. The SMILES string of the molecule is CC(C)(C)C1CCC(NC(=O)c2cnc3cc(O)ccc3c2)CC1. The van der Waals surface area contributed by atoms with Crippen molar-refractivity contribution in [3.8, 4) is 5.75 Å². The third-order valence-corrected chi connectivity index (χ3v) is 5.22. The minimum atomic E-state index is -0.0586. The lowest BCUT2D eigenvalue weighted by molar-refractivity contribution is 0.0904. The third kappa shape index (κ3) is 3.69. The molecule has 3 rings (SSSR count). The van der Waals surface area contributed by atoms with Gasteiger partial charge in [0.2, 0.25) is 0 Å². The number of hydrogen-bond donors (Lipinski definition) is 2. The summed E-state index contributed by atoms with van der Waals surface area (Å²) in [4.78, 5) is 16.8. The van der Waals surface area contributed by atoms with E-state index in [9.17, 15) is 9.90 Å². The molecule has 2 N–H and O–H groups in total. The highest BCUT2D eigenvalue weighted by Gasteiger charge is 2.30. The van der Waals surface area contributed by atoms with E-state index in [4.69, 9.17) is 0 Å². The molecule has 1 aliphatic carbocycles. The number of aromatic nitrogens is 1. The Morgan fingerprint density at radius 2 is 1.88 bits per heavy atom. The molecule has 4 nitrogen and oxygen atoms in total. The molecule has 1 amide bonds. The van der Waals surface area contributed by atoms with E-state index >= 15 is 0 Å². The van der Waals surface area contributed by atoms with Crippen LogP contribution in [0.15, 0.2) is 30.5 Å². The summed E-state index contributed by atoms with van der Waals surface area (Å²) in [5.41, 5.74) is 1.62. The van der Waals surface area contributed by atoms with Gasteiger partial charge in [-0.25, -0.2) is 0 Å². The summed E-state index contributed by atoms with van der Waals surface area (Å²) in [6, 6.07) is 7.08. The van der Waals surface area contributed by atoms with Gasteiger partial charge in [0.15, 0.2) is 0 Å². The van der Waals surface area contributed by atoms with Gasteiger partial charge >= 0.3 is 0 Å². The molecule has 1 saturated carbocycles. The molecular formula is C20H26N2O2.